The molecule has 1 aromatic rings. The maximum atomic E-state index is 9.23. The highest BCUT2D eigenvalue weighted by atomic mass is 127. The fourth-order valence-corrected chi connectivity index (χ4v) is 2.57. The van der Waals surface area contributed by atoms with E-state index in [2.05, 4.69) is 10.3 Å². The highest BCUT2D eigenvalue weighted by molar-refractivity contribution is 14.0. The second kappa shape index (κ2) is 7.85. The summed E-state index contributed by atoms with van der Waals surface area (Å²) < 4.78 is 0. The minimum Gasteiger partial charge on any atom is -0.396 e. The predicted molar refractivity (Wildman–Crippen MR) is 98.7 cm³/mol. The van der Waals surface area contributed by atoms with E-state index in [1.54, 1.807) is 12.1 Å². The van der Waals surface area contributed by atoms with E-state index in [4.69, 9.17) is 28.9 Å². The van der Waals surface area contributed by atoms with Gasteiger partial charge < -0.3 is 16.2 Å². The Labute approximate surface area is 152 Å². The van der Waals surface area contributed by atoms with Crippen molar-refractivity contribution in [2.24, 2.45) is 16.1 Å². The van der Waals surface area contributed by atoms with Crippen LogP contribution in [0.1, 0.15) is 31.4 Å². The number of aliphatic hydroxyl groups excluding tert-OH is 1. The monoisotopic (exact) mass is 443 g/mol. The second-order valence-electron chi connectivity index (χ2n) is 5.39. The van der Waals surface area contributed by atoms with Crippen molar-refractivity contribution >= 4 is 53.1 Å². The minimum absolute atomic E-state index is 0. The Hall–Kier alpha value is -0.240. The molecule has 21 heavy (non-hydrogen) atoms. The zero-order valence-electron chi connectivity index (χ0n) is 11.8. The Bertz CT molecular complexity index is 521. The van der Waals surface area contributed by atoms with E-state index in [9.17, 15) is 5.11 Å². The molecule has 1 aromatic carbocycles. The average molecular weight is 444 g/mol. The molecule has 0 saturated heterocycles. The van der Waals surface area contributed by atoms with Gasteiger partial charge in [0, 0.05) is 15.5 Å². The number of aliphatic hydroxyl groups is 1. The minimum atomic E-state index is -0.0622. The molecule has 1 aliphatic rings. The highest BCUT2D eigenvalue weighted by Gasteiger charge is 2.41. The SMILES string of the molecule is CC(NC(N)=NCC1(CO)CC1)c1ccc(Cl)cc1Cl.I. The second-order valence-corrected chi connectivity index (χ2v) is 6.24. The zero-order chi connectivity index (χ0) is 14.8. The molecule has 4 nitrogen and oxygen atoms in total. The number of hydrogen-bond acceptors (Lipinski definition) is 2. The quantitative estimate of drug-likeness (QED) is 0.371. The van der Waals surface area contributed by atoms with E-state index < -0.39 is 0 Å². The Morgan fingerprint density at radius 2 is 2.14 bits per heavy atom. The lowest BCUT2D eigenvalue weighted by atomic mass is 10.1. The van der Waals surface area contributed by atoms with Crippen LogP contribution in [-0.4, -0.2) is 24.2 Å². The van der Waals surface area contributed by atoms with E-state index in [1.165, 1.54) is 0 Å². The van der Waals surface area contributed by atoms with Crippen LogP contribution in [0.4, 0.5) is 0 Å². The third kappa shape index (κ3) is 5.16. The summed E-state index contributed by atoms with van der Waals surface area (Å²) in [6.07, 6.45) is 2.03. The van der Waals surface area contributed by atoms with E-state index >= 15 is 0 Å². The number of nitrogens with zero attached hydrogens (tertiary/aromatic N) is 1. The lowest BCUT2D eigenvalue weighted by molar-refractivity contribution is 0.217. The maximum Gasteiger partial charge on any atom is 0.189 e. The number of benzene rings is 1. The molecule has 1 saturated carbocycles. The van der Waals surface area contributed by atoms with Gasteiger partial charge in [0.05, 0.1) is 19.2 Å². The molecular weight excluding hydrogens is 424 g/mol. The van der Waals surface area contributed by atoms with Crippen molar-refractivity contribution in [2.75, 3.05) is 13.2 Å². The van der Waals surface area contributed by atoms with Crippen LogP contribution in [0.15, 0.2) is 23.2 Å². The molecule has 1 aliphatic carbocycles. The number of nitrogens with two attached hydrogens (primary N) is 1. The number of halogens is 3. The molecule has 118 valence electrons. The van der Waals surface area contributed by atoms with Crippen LogP contribution in [0, 0.1) is 5.41 Å². The van der Waals surface area contributed by atoms with Crippen LogP contribution in [0.25, 0.3) is 0 Å². The maximum absolute atomic E-state index is 9.23. The first kappa shape index (κ1) is 18.8. The fourth-order valence-electron chi connectivity index (χ4n) is 1.99. The number of guanidine groups is 1. The summed E-state index contributed by atoms with van der Waals surface area (Å²) in [6, 6.07) is 5.30. The van der Waals surface area contributed by atoms with Gasteiger partial charge in [0.15, 0.2) is 5.96 Å². The molecule has 7 heteroatoms. The molecule has 0 bridgehead atoms. The first-order chi connectivity index (χ1) is 9.46. The first-order valence-electron chi connectivity index (χ1n) is 6.58. The van der Waals surface area contributed by atoms with Gasteiger partial charge in [-0.1, -0.05) is 29.3 Å². The van der Waals surface area contributed by atoms with Gasteiger partial charge in [-0.05, 0) is 37.5 Å². The summed E-state index contributed by atoms with van der Waals surface area (Å²) in [4.78, 5) is 4.30. The smallest absolute Gasteiger partial charge is 0.189 e. The Morgan fingerprint density at radius 3 is 2.67 bits per heavy atom. The van der Waals surface area contributed by atoms with Gasteiger partial charge in [-0.2, -0.15) is 0 Å². The van der Waals surface area contributed by atoms with Crippen LogP contribution in [0.2, 0.25) is 10.0 Å². The van der Waals surface area contributed by atoms with E-state index in [-0.39, 0.29) is 42.0 Å². The zero-order valence-corrected chi connectivity index (χ0v) is 15.6. The van der Waals surface area contributed by atoms with Gasteiger partial charge in [-0.25, -0.2) is 0 Å². The number of nitrogens with one attached hydrogen (secondary N) is 1. The highest BCUT2D eigenvalue weighted by Crippen LogP contribution is 2.45. The van der Waals surface area contributed by atoms with E-state index in [1.807, 2.05) is 13.0 Å². The average Bonchev–Trinajstić information content (AvgIpc) is 3.17. The molecule has 2 rings (SSSR count). The summed E-state index contributed by atoms with van der Waals surface area (Å²) in [5, 5.41) is 13.5. The van der Waals surface area contributed by atoms with E-state index in [0.29, 0.717) is 22.5 Å². The number of aliphatic imine (C=N–C) groups is 1. The molecule has 0 aliphatic heterocycles. The van der Waals surface area contributed by atoms with Crippen LogP contribution in [0.5, 0.6) is 0 Å². The van der Waals surface area contributed by atoms with Gasteiger partial charge in [-0.15, -0.1) is 24.0 Å². The molecule has 0 aromatic heterocycles. The van der Waals surface area contributed by atoms with Crippen molar-refractivity contribution in [1.29, 1.82) is 0 Å². The third-order valence-corrected chi connectivity index (χ3v) is 4.23. The van der Waals surface area contributed by atoms with Crippen molar-refractivity contribution in [3.63, 3.8) is 0 Å². The Kier molecular flexibility index (Phi) is 7.03. The van der Waals surface area contributed by atoms with Gasteiger partial charge in [-0.3, -0.25) is 4.99 Å². The van der Waals surface area contributed by atoms with Crippen molar-refractivity contribution < 1.29 is 5.11 Å². The molecule has 0 radical (unpaired) electrons. The van der Waals surface area contributed by atoms with Gasteiger partial charge in [0.1, 0.15) is 0 Å². The summed E-state index contributed by atoms with van der Waals surface area (Å²) >= 11 is 12.0. The van der Waals surface area contributed by atoms with Gasteiger partial charge >= 0.3 is 0 Å². The number of rotatable bonds is 5. The Balaban J connectivity index is 0.00000220. The molecule has 1 atom stereocenters. The lowest BCUT2D eigenvalue weighted by Crippen LogP contribution is -2.34. The van der Waals surface area contributed by atoms with Gasteiger partial charge in [0.25, 0.3) is 0 Å². The molecule has 0 spiro atoms. The van der Waals surface area contributed by atoms with Crippen LogP contribution < -0.4 is 11.1 Å². The summed E-state index contributed by atoms with van der Waals surface area (Å²) in [5.74, 6) is 0.364. The van der Waals surface area contributed by atoms with Gasteiger partial charge in [0.2, 0.25) is 0 Å². The van der Waals surface area contributed by atoms with Crippen molar-refractivity contribution in [3.05, 3.63) is 33.8 Å². The predicted octanol–water partition coefficient (Wildman–Crippen LogP) is 3.35. The molecule has 0 amide bonds. The number of hydrogen-bond donors (Lipinski definition) is 3. The van der Waals surface area contributed by atoms with Crippen LogP contribution >= 0.6 is 47.2 Å². The summed E-state index contributed by atoms with van der Waals surface area (Å²) in [6.45, 7) is 2.68. The Morgan fingerprint density at radius 1 is 1.48 bits per heavy atom. The molecule has 4 N–H and O–H groups in total. The largest absolute Gasteiger partial charge is 0.396 e. The molecular formula is C14H20Cl2IN3O. The van der Waals surface area contributed by atoms with Crippen molar-refractivity contribution in [1.82, 2.24) is 5.32 Å². The standard InChI is InChI=1S/C14H19Cl2N3O.HI/c1-9(11-3-2-10(15)6-12(11)16)19-13(17)18-7-14(8-20)4-5-14;/h2-3,6,9,20H,4-5,7-8H2,1H3,(H3,17,18,19);1H. The third-order valence-electron chi connectivity index (χ3n) is 3.67. The molecule has 1 fully saturated rings. The topological polar surface area (TPSA) is 70.6 Å². The molecule has 1 unspecified atom stereocenters. The van der Waals surface area contributed by atoms with Crippen molar-refractivity contribution in [2.45, 2.75) is 25.8 Å². The summed E-state index contributed by atoms with van der Waals surface area (Å²) in [7, 11) is 0. The lowest BCUT2D eigenvalue weighted by Gasteiger charge is -2.17. The fraction of sp³-hybridized carbons (Fsp3) is 0.500. The summed E-state index contributed by atoms with van der Waals surface area (Å²) in [5.41, 5.74) is 6.75. The van der Waals surface area contributed by atoms with Crippen molar-refractivity contribution in [3.8, 4) is 0 Å². The van der Waals surface area contributed by atoms with Crippen LogP contribution in [0.3, 0.4) is 0 Å². The normalized spacial score (nSPS) is 17.8. The molecule has 0 heterocycles. The van der Waals surface area contributed by atoms with E-state index in [0.717, 1.165) is 18.4 Å². The first-order valence-corrected chi connectivity index (χ1v) is 7.34. The van der Waals surface area contributed by atoms with Crippen LogP contribution in [-0.2, 0) is 0 Å².